The van der Waals surface area contributed by atoms with Gasteiger partial charge in [0.2, 0.25) is 5.89 Å². The molecule has 1 unspecified atom stereocenters. The van der Waals surface area contributed by atoms with Crippen LogP contribution >= 0.6 is 0 Å². The molecule has 33 heavy (non-hydrogen) atoms. The lowest BCUT2D eigenvalue weighted by Crippen LogP contribution is -2.29. The van der Waals surface area contributed by atoms with Crippen LogP contribution in [0.25, 0.3) is 11.5 Å². The minimum absolute atomic E-state index is 0.322. The van der Waals surface area contributed by atoms with Gasteiger partial charge in [-0.3, -0.25) is 0 Å². The normalized spacial score (nSPS) is 11.9. The molecule has 3 aromatic rings. The fourth-order valence-electron chi connectivity index (χ4n) is 3.63. The molecule has 0 amide bonds. The van der Waals surface area contributed by atoms with Crippen molar-refractivity contribution in [2.75, 3.05) is 19.8 Å². The first kappa shape index (κ1) is 24.5. The minimum atomic E-state index is -0.591. The Hall–Kier alpha value is -3.12. The number of hydrogen-bond donors (Lipinski definition) is 0. The SMILES string of the molecule is CCOC(=O)C(Cc1ccc(OCCCc2nc(-c3ccccc3)oc2C)cc1C)OCC. The zero-order valence-corrected chi connectivity index (χ0v) is 19.9. The molecule has 0 saturated carbocycles. The van der Waals surface area contributed by atoms with Crippen molar-refractivity contribution in [3.63, 3.8) is 0 Å². The van der Waals surface area contributed by atoms with Crippen molar-refractivity contribution < 1.29 is 23.4 Å². The second-order valence-corrected chi connectivity index (χ2v) is 7.83. The number of aromatic nitrogens is 1. The van der Waals surface area contributed by atoms with Gasteiger partial charge in [0, 0.05) is 18.6 Å². The second kappa shape index (κ2) is 12.2. The molecule has 0 aliphatic heterocycles. The Bertz CT molecular complexity index is 1030. The van der Waals surface area contributed by atoms with Crippen LogP contribution in [0.15, 0.2) is 52.9 Å². The molecule has 0 aliphatic carbocycles. The number of esters is 1. The van der Waals surface area contributed by atoms with E-state index in [4.69, 9.17) is 18.6 Å². The summed E-state index contributed by atoms with van der Waals surface area (Å²) in [4.78, 5) is 16.8. The van der Waals surface area contributed by atoms with Gasteiger partial charge in [-0.25, -0.2) is 9.78 Å². The molecule has 1 aromatic heterocycles. The highest BCUT2D eigenvalue weighted by molar-refractivity contribution is 5.75. The third kappa shape index (κ3) is 6.93. The summed E-state index contributed by atoms with van der Waals surface area (Å²) in [6, 6.07) is 15.8. The summed E-state index contributed by atoms with van der Waals surface area (Å²) in [5.74, 6) is 1.99. The molecular formula is C27H33NO5. The Labute approximate surface area is 195 Å². The minimum Gasteiger partial charge on any atom is -0.494 e. The van der Waals surface area contributed by atoms with Crippen LogP contribution in [0.5, 0.6) is 5.75 Å². The summed E-state index contributed by atoms with van der Waals surface area (Å²) in [5, 5.41) is 0. The van der Waals surface area contributed by atoms with E-state index >= 15 is 0 Å². The van der Waals surface area contributed by atoms with E-state index in [0.717, 1.165) is 46.7 Å². The lowest BCUT2D eigenvalue weighted by Gasteiger charge is -2.17. The number of oxazole rings is 1. The van der Waals surface area contributed by atoms with Gasteiger partial charge in [-0.05, 0) is 75.9 Å². The number of carbonyl (C=O) groups is 1. The maximum Gasteiger partial charge on any atom is 0.335 e. The third-order valence-electron chi connectivity index (χ3n) is 5.38. The molecule has 0 aliphatic rings. The number of benzene rings is 2. The van der Waals surface area contributed by atoms with E-state index in [1.165, 1.54) is 0 Å². The molecule has 6 heteroatoms. The van der Waals surface area contributed by atoms with Gasteiger partial charge in [-0.2, -0.15) is 0 Å². The average Bonchev–Trinajstić information content (AvgIpc) is 3.19. The first-order valence-corrected chi connectivity index (χ1v) is 11.5. The number of ether oxygens (including phenoxy) is 3. The van der Waals surface area contributed by atoms with Crippen molar-refractivity contribution in [2.24, 2.45) is 0 Å². The Morgan fingerprint density at radius 3 is 2.55 bits per heavy atom. The number of aryl methyl sites for hydroxylation is 3. The topological polar surface area (TPSA) is 70.8 Å². The van der Waals surface area contributed by atoms with Gasteiger partial charge in [-0.1, -0.05) is 24.3 Å². The lowest BCUT2D eigenvalue weighted by atomic mass is 10.0. The maximum atomic E-state index is 12.1. The number of carbonyl (C=O) groups excluding carboxylic acids is 1. The largest absolute Gasteiger partial charge is 0.494 e. The molecule has 0 N–H and O–H groups in total. The van der Waals surface area contributed by atoms with E-state index < -0.39 is 6.10 Å². The van der Waals surface area contributed by atoms with E-state index in [1.807, 2.05) is 69.3 Å². The maximum absolute atomic E-state index is 12.1. The zero-order chi connectivity index (χ0) is 23.6. The number of hydrogen-bond acceptors (Lipinski definition) is 6. The van der Waals surface area contributed by atoms with Gasteiger partial charge in [0.05, 0.1) is 18.9 Å². The lowest BCUT2D eigenvalue weighted by molar-refractivity contribution is -0.156. The van der Waals surface area contributed by atoms with Crippen molar-refractivity contribution in [3.8, 4) is 17.2 Å². The second-order valence-electron chi connectivity index (χ2n) is 7.83. The van der Waals surface area contributed by atoms with Gasteiger partial charge in [0.25, 0.3) is 0 Å². The molecule has 1 atom stereocenters. The molecule has 1 heterocycles. The summed E-state index contributed by atoms with van der Waals surface area (Å²) in [6.45, 7) is 9.01. The van der Waals surface area contributed by atoms with Crippen LogP contribution in [-0.2, 0) is 27.1 Å². The van der Waals surface area contributed by atoms with Crippen LogP contribution in [0.2, 0.25) is 0 Å². The Balaban J connectivity index is 1.52. The molecule has 3 rings (SSSR count). The Morgan fingerprint density at radius 2 is 1.85 bits per heavy atom. The standard InChI is InChI=1S/C27H33NO5/c1-5-30-25(27(29)31-6-2)18-22-14-15-23(17-19(22)3)32-16-10-13-24-20(4)33-26(28-24)21-11-8-7-9-12-21/h7-9,11-12,14-15,17,25H,5-6,10,13,16,18H2,1-4H3. The molecule has 6 nitrogen and oxygen atoms in total. The monoisotopic (exact) mass is 451 g/mol. The number of rotatable bonds is 12. The van der Waals surface area contributed by atoms with Gasteiger partial charge in [0.15, 0.2) is 6.10 Å². The Kier molecular flexibility index (Phi) is 9.07. The van der Waals surface area contributed by atoms with Crippen LogP contribution in [0.1, 0.15) is 42.8 Å². The van der Waals surface area contributed by atoms with Gasteiger partial charge >= 0.3 is 5.97 Å². The van der Waals surface area contributed by atoms with Crippen molar-refractivity contribution in [3.05, 3.63) is 71.1 Å². The third-order valence-corrected chi connectivity index (χ3v) is 5.38. The van der Waals surface area contributed by atoms with Crippen LogP contribution < -0.4 is 4.74 Å². The molecular weight excluding hydrogens is 418 g/mol. The van der Waals surface area contributed by atoms with Crippen molar-refractivity contribution >= 4 is 5.97 Å². The first-order chi connectivity index (χ1) is 16.0. The van der Waals surface area contributed by atoms with Crippen LogP contribution in [-0.4, -0.2) is 36.9 Å². The average molecular weight is 452 g/mol. The van der Waals surface area contributed by atoms with Crippen molar-refractivity contribution in [1.29, 1.82) is 0 Å². The quantitative estimate of drug-likeness (QED) is 0.268. The van der Waals surface area contributed by atoms with E-state index in [1.54, 1.807) is 6.92 Å². The summed E-state index contributed by atoms with van der Waals surface area (Å²) in [6.07, 6.45) is 1.51. The van der Waals surface area contributed by atoms with E-state index in [-0.39, 0.29) is 5.97 Å². The van der Waals surface area contributed by atoms with Crippen LogP contribution in [0.4, 0.5) is 0 Å². The Morgan fingerprint density at radius 1 is 1.06 bits per heavy atom. The summed E-state index contributed by atoms with van der Waals surface area (Å²) < 4.78 is 22.5. The first-order valence-electron chi connectivity index (χ1n) is 11.5. The molecule has 0 spiro atoms. The fourth-order valence-corrected chi connectivity index (χ4v) is 3.63. The fraction of sp³-hybridized carbons (Fsp3) is 0.407. The molecule has 0 bridgehead atoms. The molecule has 176 valence electrons. The summed E-state index contributed by atoms with van der Waals surface area (Å²) in [5.41, 5.74) is 4.04. The molecule has 0 fully saturated rings. The zero-order valence-electron chi connectivity index (χ0n) is 19.9. The summed E-state index contributed by atoms with van der Waals surface area (Å²) >= 11 is 0. The van der Waals surface area contributed by atoms with Gasteiger partial charge in [-0.15, -0.1) is 0 Å². The van der Waals surface area contributed by atoms with Gasteiger partial charge < -0.3 is 18.6 Å². The van der Waals surface area contributed by atoms with E-state index in [9.17, 15) is 4.79 Å². The van der Waals surface area contributed by atoms with Crippen molar-refractivity contribution in [1.82, 2.24) is 4.98 Å². The summed E-state index contributed by atoms with van der Waals surface area (Å²) in [7, 11) is 0. The molecule has 0 saturated heterocycles. The molecule has 0 radical (unpaired) electrons. The van der Waals surface area contributed by atoms with Crippen LogP contribution in [0.3, 0.4) is 0 Å². The smallest absolute Gasteiger partial charge is 0.335 e. The van der Waals surface area contributed by atoms with Crippen LogP contribution in [0, 0.1) is 13.8 Å². The van der Waals surface area contributed by atoms with Gasteiger partial charge in [0.1, 0.15) is 11.5 Å². The predicted octanol–water partition coefficient (Wildman–Crippen LogP) is 5.48. The highest BCUT2D eigenvalue weighted by Gasteiger charge is 2.21. The highest BCUT2D eigenvalue weighted by atomic mass is 16.6. The van der Waals surface area contributed by atoms with E-state index in [0.29, 0.717) is 32.1 Å². The highest BCUT2D eigenvalue weighted by Crippen LogP contribution is 2.23. The van der Waals surface area contributed by atoms with Crippen molar-refractivity contribution in [2.45, 2.75) is 53.1 Å². The molecule has 2 aromatic carbocycles. The van der Waals surface area contributed by atoms with E-state index in [2.05, 4.69) is 4.98 Å². The number of nitrogens with zero attached hydrogens (tertiary/aromatic N) is 1. The predicted molar refractivity (Wildman–Crippen MR) is 127 cm³/mol.